The van der Waals surface area contributed by atoms with Crippen LogP contribution >= 0.6 is 15.9 Å². The topological polar surface area (TPSA) is 73.9 Å². The van der Waals surface area contributed by atoms with Gasteiger partial charge in [0.2, 0.25) is 5.91 Å². The monoisotopic (exact) mass is 522 g/mol. The lowest BCUT2D eigenvalue weighted by atomic mass is 10.1. The molecule has 3 aromatic carbocycles. The Morgan fingerprint density at radius 3 is 2.21 bits per heavy atom. The second-order valence-electron chi connectivity index (χ2n) is 8.00. The van der Waals surface area contributed by atoms with Crippen molar-refractivity contribution in [3.05, 3.63) is 82.8 Å². The summed E-state index contributed by atoms with van der Waals surface area (Å²) in [6.45, 7) is 2.90. The SMILES string of the molecule is COc1ccc(CC(=O)N2CCN(c3ccc(NC(=O)Nc4ccccc4Br)cc3)CC2)cc1. The molecule has 176 valence electrons. The summed E-state index contributed by atoms with van der Waals surface area (Å²) in [5, 5.41) is 5.67. The molecule has 34 heavy (non-hydrogen) atoms. The van der Waals surface area contributed by atoms with Crippen LogP contribution in [-0.2, 0) is 11.2 Å². The van der Waals surface area contributed by atoms with Crippen LogP contribution in [0, 0.1) is 0 Å². The molecule has 2 N–H and O–H groups in total. The maximum Gasteiger partial charge on any atom is 0.323 e. The molecule has 3 amide bonds. The van der Waals surface area contributed by atoms with E-state index in [4.69, 9.17) is 4.74 Å². The fourth-order valence-corrected chi connectivity index (χ4v) is 4.23. The van der Waals surface area contributed by atoms with Crippen LogP contribution < -0.4 is 20.3 Å². The summed E-state index contributed by atoms with van der Waals surface area (Å²) >= 11 is 3.42. The smallest absolute Gasteiger partial charge is 0.323 e. The number of benzene rings is 3. The van der Waals surface area contributed by atoms with Crippen molar-refractivity contribution in [3.63, 3.8) is 0 Å². The molecular formula is C26H27BrN4O3. The fourth-order valence-electron chi connectivity index (χ4n) is 3.85. The van der Waals surface area contributed by atoms with Gasteiger partial charge in [-0.25, -0.2) is 4.79 Å². The fraction of sp³-hybridized carbons (Fsp3) is 0.231. The summed E-state index contributed by atoms with van der Waals surface area (Å²) in [7, 11) is 1.63. The van der Waals surface area contributed by atoms with Gasteiger partial charge in [0.15, 0.2) is 0 Å². The van der Waals surface area contributed by atoms with Gasteiger partial charge in [0, 0.05) is 42.0 Å². The van der Waals surface area contributed by atoms with Gasteiger partial charge in [0.05, 0.1) is 19.2 Å². The van der Waals surface area contributed by atoms with Gasteiger partial charge in [-0.2, -0.15) is 0 Å². The van der Waals surface area contributed by atoms with Crippen molar-refractivity contribution >= 4 is 44.9 Å². The number of carbonyl (C=O) groups excluding carboxylic acids is 2. The van der Waals surface area contributed by atoms with E-state index in [9.17, 15) is 9.59 Å². The van der Waals surface area contributed by atoms with E-state index in [1.54, 1.807) is 7.11 Å². The number of urea groups is 1. The number of carbonyl (C=O) groups is 2. The Morgan fingerprint density at radius 1 is 0.882 bits per heavy atom. The highest BCUT2D eigenvalue weighted by Gasteiger charge is 2.21. The number of hydrogen-bond acceptors (Lipinski definition) is 4. The zero-order valence-corrected chi connectivity index (χ0v) is 20.5. The van der Waals surface area contributed by atoms with E-state index in [-0.39, 0.29) is 11.9 Å². The molecule has 0 atom stereocenters. The zero-order valence-electron chi connectivity index (χ0n) is 19.0. The minimum Gasteiger partial charge on any atom is -0.497 e. The van der Waals surface area contributed by atoms with E-state index in [1.165, 1.54) is 0 Å². The predicted molar refractivity (Wildman–Crippen MR) is 139 cm³/mol. The van der Waals surface area contributed by atoms with Gasteiger partial charge in [-0.05, 0) is 70.0 Å². The molecule has 0 saturated carbocycles. The van der Waals surface area contributed by atoms with Crippen molar-refractivity contribution in [2.24, 2.45) is 0 Å². The number of hydrogen-bond donors (Lipinski definition) is 2. The lowest BCUT2D eigenvalue weighted by Gasteiger charge is -2.36. The molecule has 0 unspecified atom stereocenters. The van der Waals surface area contributed by atoms with Gasteiger partial charge < -0.3 is 25.2 Å². The predicted octanol–water partition coefficient (Wildman–Crippen LogP) is 4.99. The summed E-state index contributed by atoms with van der Waals surface area (Å²) in [4.78, 5) is 29.1. The maximum atomic E-state index is 12.7. The van der Waals surface area contributed by atoms with Crippen molar-refractivity contribution in [3.8, 4) is 5.75 Å². The number of anilines is 3. The molecule has 0 aliphatic carbocycles. The number of piperazine rings is 1. The quantitative estimate of drug-likeness (QED) is 0.478. The lowest BCUT2D eigenvalue weighted by Crippen LogP contribution is -2.49. The van der Waals surface area contributed by atoms with Crippen LogP contribution in [0.4, 0.5) is 21.9 Å². The third-order valence-electron chi connectivity index (χ3n) is 5.76. The van der Waals surface area contributed by atoms with Crippen LogP contribution in [0.25, 0.3) is 0 Å². The Bertz CT molecular complexity index is 1130. The minimum absolute atomic E-state index is 0.139. The Labute approximate surface area is 207 Å². The average molecular weight is 523 g/mol. The molecule has 1 saturated heterocycles. The Balaban J connectivity index is 1.26. The number of halogens is 1. The Hall–Kier alpha value is -3.52. The van der Waals surface area contributed by atoms with E-state index in [2.05, 4.69) is 31.5 Å². The standard InChI is InChI=1S/C26H27BrN4O3/c1-34-22-12-6-19(7-13-22)18-25(32)31-16-14-30(15-17-31)21-10-8-20(9-11-21)28-26(33)29-24-5-3-2-4-23(24)27/h2-13H,14-18H2,1H3,(H2,28,29,33). The highest BCUT2D eigenvalue weighted by Crippen LogP contribution is 2.23. The van der Waals surface area contributed by atoms with Crippen LogP contribution in [0.15, 0.2) is 77.3 Å². The van der Waals surface area contributed by atoms with Gasteiger partial charge in [0.25, 0.3) is 0 Å². The number of rotatable bonds is 6. The van der Waals surface area contributed by atoms with Crippen molar-refractivity contribution in [1.82, 2.24) is 4.90 Å². The normalized spacial score (nSPS) is 13.4. The van der Waals surface area contributed by atoms with Crippen LogP contribution in [0.2, 0.25) is 0 Å². The van der Waals surface area contributed by atoms with Crippen molar-refractivity contribution in [2.75, 3.05) is 48.8 Å². The first-order chi connectivity index (χ1) is 16.5. The lowest BCUT2D eigenvalue weighted by molar-refractivity contribution is -0.130. The van der Waals surface area contributed by atoms with E-state index in [1.807, 2.05) is 77.7 Å². The third kappa shape index (κ3) is 6.08. The van der Waals surface area contributed by atoms with Gasteiger partial charge in [-0.1, -0.05) is 24.3 Å². The van der Waals surface area contributed by atoms with E-state index in [0.717, 1.165) is 34.6 Å². The number of amides is 3. The van der Waals surface area contributed by atoms with Crippen LogP contribution in [0.5, 0.6) is 5.75 Å². The number of para-hydroxylation sites is 1. The maximum absolute atomic E-state index is 12.7. The summed E-state index contributed by atoms with van der Waals surface area (Å²) in [5.41, 5.74) is 3.47. The first-order valence-corrected chi connectivity index (χ1v) is 11.9. The van der Waals surface area contributed by atoms with Gasteiger partial charge >= 0.3 is 6.03 Å². The molecule has 1 aliphatic rings. The number of nitrogens with zero attached hydrogens (tertiary/aromatic N) is 2. The highest BCUT2D eigenvalue weighted by molar-refractivity contribution is 9.10. The highest BCUT2D eigenvalue weighted by atomic mass is 79.9. The Morgan fingerprint density at radius 2 is 1.56 bits per heavy atom. The van der Waals surface area contributed by atoms with E-state index >= 15 is 0 Å². The molecule has 1 aliphatic heterocycles. The average Bonchev–Trinajstić information content (AvgIpc) is 2.86. The van der Waals surface area contributed by atoms with Crippen LogP contribution in [0.1, 0.15) is 5.56 Å². The van der Waals surface area contributed by atoms with Crippen molar-refractivity contribution < 1.29 is 14.3 Å². The first kappa shape index (κ1) is 23.6. The molecule has 0 aromatic heterocycles. The van der Waals surface area contributed by atoms with Crippen LogP contribution in [-0.4, -0.2) is 50.1 Å². The molecule has 7 nitrogen and oxygen atoms in total. The second kappa shape index (κ2) is 11.1. The van der Waals surface area contributed by atoms with Gasteiger partial charge in [0.1, 0.15) is 5.75 Å². The van der Waals surface area contributed by atoms with Gasteiger partial charge in [-0.3, -0.25) is 4.79 Å². The second-order valence-corrected chi connectivity index (χ2v) is 8.85. The van der Waals surface area contributed by atoms with Gasteiger partial charge in [-0.15, -0.1) is 0 Å². The summed E-state index contributed by atoms with van der Waals surface area (Å²) in [6.07, 6.45) is 0.395. The first-order valence-electron chi connectivity index (χ1n) is 11.1. The molecule has 1 heterocycles. The third-order valence-corrected chi connectivity index (χ3v) is 6.45. The summed E-state index contributed by atoms with van der Waals surface area (Å²) < 4.78 is 5.99. The molecule has 0 radical (unpaired) electrons. The number of nitrogens with one attached hydrogen (secondary N) is 2. The molecule has 8 heteroatoms. The Kier molecular flexibility index (Phi) is 7.69. The van der Waals surface area contributed by atoms with E-state index in [0.29, 0.717) is 30.9 Å². The minimum atomic E-state index is -0.302. The molecule has 3 aromatic rings. The molecule has 1 fully saturated rings. The molecule has 0 spiro atoms. The summed E-state index contributed by atoms with van der Waals surface area (Å²) in [5.74, 6) is 0.927. The zero-order chi connectivity index (χ0) is 23.9. The van der Waals surface area contributed by atoms with Crippen molar-refractivity contribution in [1.29, 1.82) is 0 Å². The van der Waals surface area contributed by atoms with Crippen LogP contribution in [0.3, 0.4) is 0 Å². The molecule has 0 bridgehead atoms. The van der Waals surface area contributed by atoms with Crippen molar-refractivity contribution in [2.45, 2.75) is 6.42 Å². The molecule has 4 rings (SSSR count). The van der Waals surface area contributed by atoms with E-state index < -0.39 is 0 Å². The number of ether oxygens (including phenoxy) is 1. The molecular weight excluding hydrogens is 496 g/mol. The number of methoxy groups -OCH3 is 1. The summed E-state index contributed by atoms with van der Waals surface area (Å²) in [6, 6.07) is 22.5. The largest absolute Gasteiger partial charge is 0.497 e.